The van der Waals surface area contributed by atoms with E-state index < -0.39 is 0 Å². The van der Waals surface area contributed by atoms with Gasteiger partial charge in [0.1, 0.15) is 0 Å². The monoisotopic (exact) mass is 275 g/mol. The molecule has 0 radical (unpaired) electrons. The molecular formula is C17H25NO2. The standard InChI is InChI=1S/C17H25NO2/c1-13-6-5-9-16(10-13)18-12-15-8-4-3-7-14(15)11-17(19)20-2/h3-4,7-8,13,16,18H,5-6,9-12H2,1-2H3. The van der Waals surface area contributed by atoms with Crippen molar-refractivity contribution in [2.45, 2.75) is 51.6 Å². The lowest BCUT2D eigenvalue weighted by Crippen LogP contribution is -2.33. The summed E-state index contributed by atoms with van der Waals surface area (Å²) in [6.45, 7) is 3.17. The van der Waals surface area contributed by atoms with Crippen LogP contribution in [0.4, 0.5) is 0 Å². The van der Waals surface area contributed by atoms with Gasteiger partial charge in [0.15, 0.2) is 0 Å². The molecule has 3 nitrogen and oxygen atoms in total. The number of ether oxygens (including phenoxy) is 1. The van der Waals surface area contributed by atoms with Crippen LogP contribution in [-0.2, 0) is 22.5 Å². The maximum Gasteiger partial charge on any atom is 0.309 e. The third kappa shape index (κ3) is 4.34. The Morgan fingerprint density at radius 1 is 1.30 bits per heavy atom. The first-order valence-electron chi connectivity index (χ1n) is 7.56. The molecule has 0 spiro atoms. The van der Waals surface area contributed by atoms with Crippen molar-refractivity contribution in [3.05, 3.63) is 35.4 Å². The largest absolute Gasteiger partial charge is 0.469 e. The van der Waals surface area contributed by atoms with Gasteiger partial charge in [0.25, 0.3) is 0 Å². The molecule has 0 heterocycles. The maximum atomic E-state index is 11.4. The van der Waals surface area contributed by atoms with Gasteiger partial charge in [-0.3, -0.25) is 4.79 Å². The average molecular weight is 275 g/mol. The van der Waals surface area contributed by atoms with Crippen LogP contribution in [-0.4, -0.2) is 19.1 Å². The smallest absolute Gasteiger partial charge is 0.309 e. The lowest BCUT2D eigenvalue weighted by molar-refractivity contribution is -0.139. The Morgan fingerprint density at radius 2 is 2.05 bits per heavy atom. The summed E-state index contributed by atoms with van der Waals surface area (Å²) in [6.07, 6.45) is 5.57. The number of nitrogens with one attached hydrogen (secondary N) is 1. The van der Waals surface area contributed by atoms with Gasteiger partial charge < -0.3 is 10.1 Å². The number of hydrogen-bond donors (Lipinski definition) is 1. The number of carbonyl (C=O) groups is 1. The van der Waals surface area contributed by atoms with Crippen LogP contribution in [0.3, 0.4) is 0 Å². The number of hydrogen-bond acceptors (Lipinski definition) is 3. The molecule has 2 rings (SSSR count). The highest BCUT2D eigenvalue weighted by Gasteiger charge is 2.18. The number of rotatable bonds is 5. The first-order valence-corrected chi connectivity index (χ1v) is 7.56. The van der Waals surface area contributed by atoms with Gasteiger partial charge >= 0.3 is 5.97 Å². The molecule has 1 aromatic rings. The lowest BCUT2D eigenvalue weighted by atomic mass is 9.87. The Bertz CT molecular complexity index is 444. The fraction of sp³-hybridized carbons (Fsp3) is 0.588. The van der Waals surface area contributed by atoms with E-state index in [9.17, 15) is 4.79 Å². The Balaban J connectivity index is 1.93. The van der Waals surface area contributed by atoms with Gasteiger partial charge in [-0.1, -0.05) is 44.0 Å². The number of carbonyl (C=O) groups excluding carboxylic acids is 1. The highest BCUT2D eigenvalue weighted by Crippen LogP contribution is 2.24. The van der Waals surface area contributed by atoms with Crippen LogP contribution in [0.1, 0.15) is 43.7 Å². The Hall–Kier alpha value is -1.35. The van der Waals surface area contributed by atoms with Crippen molar-refractivity contribution >= 4 is 5.97 Å². The summed E-state index contributed by atoms with van der Waals surface area (Å²) < 4.78 is 4.76. The van der Waals surface area contributed by atoms with Gasteiger partial charge in [0, 0.05) is 12.6 Å². The van der Waals surface area contributed by atoms with Gasteiger partial charge in [-0.2, -0.15) is 0 Å². The summed E-state index contributed by atoms with van der Waals surface area (Å²) in [4.78, 5) is 11.4. The van der Waals surface area contributed by atoms with E-state index in [0.29, 0.717) is 12.5 Å². The van der Waals surface area contributed by atoms with Crippen molar-refractivity contribution in [1.82, 2.24) is 5.32 Å². The van der Waals surface area contributed by atoms with Crippen LogP contribution in [0.15, 0.2) is 24.3 Å². The predicted octanol–water partition coefficient (Wildman–Crippen LogP) is 3.07. The molecule has 1 fully saturated rings. The second kappa shape index (κ2) is 7.44. The van der Waals surface area contributed by atoms with Gasteiger partial charge in [-0.25, -0.2) is 0 Å². The summed E-state index contributed by atoms with van der Waals surface area (Å²) >= 11 is 0. The second-order valence-corrected chi connectivity index (χ2v) is 5.87. The molecule has 2 atom stereocenters. The van der Waals surface area contributed by atoms with Crippen LogP contribution in [0.2, 0.25) is 0 Å². The fourth-order valence-electron chi connectivity index (χ4n) is 3.00. The highest BCUT2D eigenvalue weighted by atomic mass is 16.5. The molecule has 1 aliphatic carbocycles. The molecule has 0 bridgehead atoms. The summed E-state index contributed by atoms with van der Waals surface area (Å²) in [6, 6.07) is 8.73. The third-order valence-corrected chi connectivity index (χ3v) is 4.20. The van der Waals surface area contributed by atoms with Crippen molar-refractivity contribution in [3.63, 3.8) is 0 Å². The van der Waals surface area contributed by atoms with Crippen LogP contribution >= 0.6 is 0 Å². The van der Waals surface area contributed by atoms with E-state index in [1.165, 1.54) is 38.4 Å². The molecule has 1 saturated carbocycles. The lowest BCUT2D eigenvalue weighted by Gasteiger charge is -2.28. The minimum absolute atomic E-state index is 0.177. The van der Waals surface area contributed by atoms with E-state index in [-0.39, 0.29) is 5.97 Å². The highest BCUT2D eigenvalue weighted by molar-refractivity contribution is 5.72. The molecule has 0 aliphatic heterocycles. The molecule has 20 heavy (non-hydrogen) atoms. The topological polar surface area (TPSA) is 38.3 Å². The maximum absolute atomic E-state index is 11.4. The Labute approximate surface area is 121 Å². The Morgan fingerprint density at radius 3 is 2.75 bits per heavy atom. The predicted molar refractivity (Wildman–Crippen MR) is 80.4 cm³/mol. The summed E-state index contributed by atoms with van der Waals surface area (Å²) in [5.74, 6) is 0.648. The van der Waals surface area contributed by atoms with Gasteiger partial charge in [-0.05, 0) is 29.9 Å². The van der Waals surface area contributed by atoms with E-state index in [2.05, 4.69) is 18.3 Å². The van der Waals surface area contributed by atoms with E-state index in [0.717, 1.165) is 18.0 Å². The van der Waals surface area contributed by atoms with Crippen molar-refractivity contribution in [2.24, 2.45) is 5.92 Å². The zero-order valence-electron chi connectivity index (χ0n) is 12.5. The van der Waals surface area contributed by atoms with Crippen molar-refractivity contribution < 1.29 is 9.53 Å². The molecule has 0 aromatic heterocycles. The normalized spacial score (nSPS) is 22.5. The molecule has 0 saturated heterocycles. The number of benzene rings is 1. The van der Waals surface area contributed by atoms with Gasteiger partial charge in [-0.15, -0.1) is 0 Å². The zero-order chi connectivity index (χ0) is 14.4. The molecule has 3 heteroatoms. The fourth-order valence-corrected chi connectivity index (χ4v) is 3.00. The average Bonchev–Trinajstić information content (AvgIpc) is 2.46. The van der Waals surface area contributed by atoms with Crippen LogP contribution in [0.25, 0.3) is 0 Å². The first kappa shape index (κ1) is 15.0. The van der Waals surface area contributed by atoms with E-state index >= 15 is 0 Å². The third-order valence-electron chi connectivity index (χ3n) is 4.20. The minimum Gasteiger partial charge on any atom is -0.469 e. The van der Waals surface area contributed by atoms with E-state index in [1.54, 1.807) is 0 Å². The van der Waals surface area contributed by atoms with E-state index in [4.69, 9.17) is 4.74 Å². The number of esters is 1. The molecule has 1 aliphatic rings. The molecule has 1 aromatic carbocycles. The summed E-state index contributed by atoms with van der Waals surface area (Å²) in [5.41, 5.74) is 2.27. The number of methoxy groups -OCH3 is 1. The minimum atomic E-state index is -0.177. The molecule has 0 amide bonds. The van der Waals surface area contributed by atoms with Crippen LogP contribution < -0.4 is 5.32 Å². The van der Waals surface area contributed by atoms with Gasteiger partial charge in [0.05, 0.1) is 13.5 Å². The SMILES string of the molecule is COC(=O)Cc1ccccc1CNC1CCCC(C)C1. The summed E-state index contributed by atoms with van der Waals surface area (Å²) in [7, 11) is 1.44. The van der Waals surface area contributed by atoms with Gasteiger partial charge in [0.2, 0.25) is 0 Å². The van der Waals surface area contributed by atoms with Crippen LogP contribution in [0.5, 0.6) is 0 Å². The van der Waals surface area contributed by atoms with Crippen LogP contribution in [0, 0.1) is 5.92 Å². The van der Waals surface area contributed by atoms with E-state index in [1.807, 2.05) is 18.2 Å². The second-order valence-electron chi connectivity index (χ2n) is 5.87. The van der Waals surface area contributed by atoms with Crippen molar-refractivity contribution in [2.75, 3.05) is 7.11 Å². The molecular weight excluding hydrogens is 250 g/mol. The van der Waals surface area contributed by atoms with Crippen molar-refractivity contribution in [1.29, 1.82) is 0 Å². The zero-order valence-corrected chi connectivity index (χ0v) is 12.5. The van der Waals surface area contributed by atoms with Crippen molar-refractivity contribution in [3.8, 4) is 0 Å². The summed E-state index contributed by atoms with van der Waals surface area (Å²) in [5, 5.41) is 3.65. The molecule has 110 valence electrons. The molecule has 2 unspecified atom stereocenters. The first-order chi connectivity index (χ1) is 9.69. The quantitative estimate of drug-likeness (QED) is 0.839. The Kier molecular flexibility index (Phi) is 5.60. The molecule has 1 N–H and O–H groups in total.